The van der Waals surface area contributed by atoms with Crippen molar-refractivity contribution >= 4 is 40.6 Å². The number of carboxylic acids is 1. The normalized spacial score (nSPS) is 16.9. The zero-order valence-corrected chi connectivity index (χ0v) is 20.8. The zero-order chi connectivity index (χ0) is 26.3. The third-order valence-electron chi connectivity index (χ3n) is 6.75. The smallest absolute Gasteiger partial charge is 0.320 e. The third-order valence-corrected chi connectivity index (χ3v) is 6.75. The van der Waals surface area contributed by atoms with Gasteiger partial charge in [0, 0.05) is 29.2 Å². The molecule has 1 heterocycles. The highest BCUT2D eigenvalue weighted by molar-refractivity contribution is 6.00. The average Bonchev–Trinajstić information content (AvgIpc) is 3.39. The van der Waals surface area contributed by atoms with Crippen molar-refractivity contribution in [1.82, 2.24) is 10.2 Å². The number of carboxylic acid groups (broad SMARTS) is 1. The van der Waals surface area contributed by atoms with Crippen LogP contribution in [0.2, 0.25) is 0 Å². The van der Waals surface area contributed by atoms with Gasteiger partial charge in [-0.05, 0) is 85.5 Å². The van der Waals surface area contributed by atoms with Gasteiger partial charge in [-0.3, -0.25) is 9.59 Å². The van der Waals surface area contributed by atoms with E-state index in [1.165, 1.54) is 5.56 Å². The number of aromatic nitrogens is 2. The molecule has 9 nitrogen and oxygen atoms in total. The van der Waals surface area contributed by atoms with Gasteiger partial charge in [-0.1, -0.05) is 41.5 Å². The van der Waals surface area contributed by atoms with Crippen molar-refractivity contribution in [2.75, 3.05) is 16.0 Å². The summed E-state index contributed by atoms with van der Waals surface area (Å²) in [5.41, 5.74) is 4.41. The molecule has 9 heteroatoms. The van der Waals surface area contributed by atoms with Crippen LogP contribution in [0, 0.1) is 5.92 Å². The molecule has 4 aromatic rings. The van der Waals surface area contributed by atoms with Crippen LogP contribution in [0.1, 0.15) is 54.3 Å². The number of carbonyl (C=O) groups is 2. The van der Waals surface area contributed by atoms with Crippen molar-refractivity contribution in [3.63, 3.8) is 0 Å². The molecular formula is C29H29N5O4. The van der Waals surface area contributed by atoms with Crippen molar-refractivity contribution in [3.8, 4) is 0 Å². The molecule has 3 aromatic carbocycles. The number of nitrogens with zero attached hydrogens (tertiary/aromatic N) is 2. The quantitative estimate of drug-likeness (QED) is 0.199. The number of rotatable bonds is 9. The van der Waals surface area contributed by atoms with E-state index in [2.05, 4.69) is 26.1 Å². The molecule has 194 valence electrons. The number of aliphatic carboxylic acids is 1. The number of anilines is 5. The summed E-state index contributed by atoms with van der Waals surface area (Å²) in [5.74, 6) is -0.677. The topological polar surface area (TPSA) is 129 Å². The minimum Gasteiger partial charge on any atom is -0.481 e. The first-order valence-electron chi connectivity index (χ1n) is 12.7. The summed E-state index contributed by atoms with van der Waals surface area (Å²) in [6, 6.07) is 25.3. The van der Waals surface area contributed by atoms with Crippen LogP contribution in [0.4, 0.5) is 28.8 Å². The molecule has 4 N–H and O–H groups in total. The van der Waals surface area contributed by atoms with Crippen LogP contribution < -0.4 is 16.0 Å². The van der Waals surface area contributed by atoms with Crippen LogP contribution in [0.5, 0.6) is 0 Å². The van der Waals surface area contributed by atoms with Crippen molar-refractivity contribution in [3.05, 3.63) is 90.3 Å². The average molecular weight is 512 g/mol. The fourth-order valence-corrected chi connectivity index (χ4v) is 4.82. The van der Waals surface area contributed by atoms with Crippen molar-refractivity contribution < 1.29 is 19.1 Å². The van der Waals surface area contributed by atoms with E-state index in [0.717, 1.165) is 42.7 Å². The molecule has 0 atom stereocenters. The second-order valence-corrected chi connectivity index (χ2v) is 9.50. The fourth-order valence-electron chi connectivity index (χ4n) is 4.82. The second-order valence-electron chi connectivity index (χ2n) is 9.50. The predicted molar refractivity (Wildman–Crippen MR) is 145 cm³/mol. The molecule has 0 unspecified atom stereocenters. The number of hydrogen-bond acceptors (Lipinski definition) is 7. The Morgan fingerprint density at radius 3 is 2.18 bits per heavy atom. The Hall–Kier alpha value is -4.66. The van der Waals surface area contributed by atoms with Crippen LogP contribution in [0.3, 0.4) is 0 Å². The van der Waals surface area contributed by atoms with Gasteiger partial charge in [0.25, 0.3) is 0 Å². The van der Waals surface area contributed by atoms with Crippen LogP contribution in [0.25, 0.3) is 0 Å². The lowest BCUT2D eigenvalue weighted by Gasteiger charge is -2.28. The molecule has 0 aliphatic heterocycles. The molecule has 1 aromatic heterocycles. The van der Waals surface area contributed by atoms with Crippen LogP contribution >= 0.6 is 0 Å². The molecule has 0 bridgehead atoms. The van der Waals surface area contributed by atoms with E-state index in [1.54, 1.807) is 0 Å². The first-order valence-corrected chi connectivity index (χ1v) is 12.7. The fraction of sp³-hybridized carbons (Fsp3) is 0.241. The van der Waals surface area contributed by atoms with Gasteiger partial charge in [-0.2, -0.15) is 0 Å². The van der Waals surface area contributed by atoms with E-state index in [-0.39, 0.29) is 24.2 Å². The lowest BCUT2D eigenvalue weighted by Crippen LogP contribution is -2.16. The summed E-state index contributed by atoms with van der Waals surface area (Å²) in [6.45, 7) is 0. The first kappa shape index (κ1) is 25.0. The Kier molecular flexibility index (Phi) is 7.63. The number of para-hydroxylation sites is 1. The Bertz CT molecular complexity index is 1380. The summed E-state index contributed by atoms with van der Waals surface area (Å²) in [5, 5.41) is 26.0. The van der Waals surface area contributed by atoms with Gasteiger partial charge in [0.05, 0.1) is 0 Å². The molecule has 5 rings (SSSR count). The van der Waals surface area contributed by atoms with Gasteiger partial charge < -0.3 is 25.5 Å². The van der Waals surface area contributed by atoms with E-state index in [1.807, 2.05) is 78.9 Å². The maximum absolute atomic E-state index is 12.7. The number of benzene rings is 3. The van der Waals surface area contributed by atoms with Crippen molar-refractivity contribution in [2.45, 2.75) is 38.0 Å². The van der Waals surface area contributed by atoms with Gasteiger partial charge in [-0.25, -0.2) is 0 Å². The van der Waals surface area contributed by atoms with E-state index in [9.17, 15) is 9.59 Å². The van der Waals surface area contributed by atoms with Gasteiger partial charge in [0.15, 0.2) is 0 Å². The van der Waals surface area contributed by atoms with Gasteiger partial charge in [-0.15, -0.1) is 5.10 Å². The number of carbonyl (C=O) groups excluding carboxylic acids is 1. The van der Waals surface area contributed by atoms with Crippen LogP contribution in [-0.2, 0) is 4.79 Å². The summed E-state index contributed by atoms with van der Waals surface area (Å²) in [6.07, 6.45) is 4.06. The van der Waals surface area contributed by atoms with Crippen LogP contribution in [0.15, 0.2) is 83.3 Å². The monoisotopic (exact) mass is 511 g/mol. The Balaban J connectivity index is 1.14. The molecule has 1 aliphatic rings. The Labute approximate surface area is 220 Å². The maximum Gasteiger partial charge on any atom is 0.320 e. The molecule has 0 spiro atoms. The molecular weight excluding hydrogens is 482 g/mol. The summed E-state index contributed by atoms with van der Waals surface area (Å²) >= 11 is 0. The zero-order valence-electron chi connectivity index (χ0n) is 20.8. The van der Waals surface area contributed by atoms with E-state index >= 15 is 0 Å². The van der Waals surface area contributed by atoms with E-state index in [4.69, 9.17) is 9.52 Å². The Morgan fingerprint density at radius 1 is 0.789 bits per heavy atom. The predicted octanol–water partition coefficient (Wildman–Crippen LogP) is 6.56. The highest BCUT2D eigenvalue weighted by Gasteiger charge is 2.24. The number of hydrogen-bond donors (Lipinski definition) is 4. The maximum atomic E-state index is 12.7. The highest BCUT2D eigenvalue weighted by atomic mass is 16.4. The standard InChI is InChI=1S/C29H29N5O4/c35-26(36)17-19-9-11-20(12-10-19)21-13-15-23(16-14-21)31-27(37)28-33-34-29(38-28)32-25-8-4-7-24(18-25)30-22-5-2-1-3-6-22/h1-8,13-16,18-20,30H,9-12,17H2,(H,31,37)(H,32,34)(H,35,36)/t19-,20-. The molecule has 38 heavy (non-hydrogen) atoms. The molecule has 1 saturated carbocycles. The number of nitrogens with one attached hydrogen (secondary N) is 3. The van der Waals surface area contributed by atoms with E-state index < -0.39 is 11.9 Å². The van der Waals surface area contributed by atoms with Gasteiger partial charge >= 0.3 is 23.8 Å². The summed E-state index contributed by atoms with van der Waals surface area (Å²) < 4.78 is 5.53. The van der Waals surface area contributed by atoms with Crippen molar-refractivity contribution in [1.29, 1.82) is 0 Å². The van der Waals surface area contributed by atoms with Crippen LogP contribution in [-0.4, -0.2) is 27.2 Å². The molecule has 0 radical (unpaired) electrons. The van der Waals surface area contributed by atoms with Gasteiger partial charge in [0.1, 0.15) is 0 Å². The summed E-state index contributed by atoms with van der Waals surface area (Å²) in [4.78, 5) is 23.6. The first-order chi connectivity index (χ1) is 18.5. The van der Waals surface area contributed by atoms with Crippen molar-refractivity contribution in [2.24, 2.45) is 5.92 Å². The largest absolute Gasteiger partial charge is 0.481 e. The molecule has 1 aliphatic carbocycles. The molecule has 0 saturated heterocycles. The van der Waals surface area contributed by atoms with E-state index in [0.29, 0.717) is 11.6 Å². The molecule has 1 fully saturated rings. The minimum absolute atomic E-state index is 0.112. The SMILES string of the molecule is O=C(O)C[C@H]1CC[C@H](c2ccc(NC(=O)c3nnc(Nc4cccc(Nc5ccccc5)c4)o3)cc2)CC1. The lowest BCUT2D eigenvalue weighted by molar-refractivity contribution is -0.138. The minimum atomic E-state index is -0.719. The lowest BCUT2D eigenvalue weighted by atomic mass is 9.77. The highest BCUT2D eigenvalue weighted by Crippen LogP contribution is 2.37. The summed E-state index contributed by atoms with van der Waals surface area (Å²) in [7, 11) is 0. The second kappa shape index (κ2) is 11.6. The molecule has 1 amide bonds. The Morgan fingerprint density at radius 2 is 1.47 bits per heavy atom. The number of amides is 1. The van der Waals surface area contributed by atoms with Gasteiger partial charge in [0.2, 0.25) is 0 Å². The third kappa shape index (κ3) is 6.56.